The highest BCUT2D eigenvalue weighted by Crippen LogP contribution is 2.38. The molecular formula is C30H24F2N4OS. The fourth-order valence-corrected chi connectivity index (χ4v) is 5.31. The summed E-state index contributed by atoms with van der Waals surface area (Å²) in [6.45, 7) is 3.94. The van der Waals surface area contributed by atoms with Gasteiger partial charge in [-0.2, -0.15) is 0 Å². The van der Waals surface area contributed by atoms with Crippen molar-refractivity contribution in [3.05, 3.63) is 125 Å². The van der Waals surface area contributed by atoms with Crippen LogP contribution in [0.2, 0.25) is 0 Å². The van der Waals surface area contributed by atoms with Gasteiger partial charge in [-0.1, -0.05) is 78.5 Å². The van der Waals surface area contributed by atoms with Crippen molar-refractivity contribution >= 4 is 23.4 Å². The third-order valence-electron chi connectivity index (χ3n) is 5.87. The van der Waals surface area contributed by atoms with Gasteiger partial charge in [-0.25, -0.2) is 8.78 Å². The number of rotatable bonds is 7. The lowest BCUT2D eigenvalue weighted by molar-refractivity contribution is -0.115. The number of nitrogens with one attached hydrogen (secondary N) is 1. The highest BCUT2D eigenvalue weighted by Gasteiger charge is 2.27. The van der Waals surface area contributed by atoms with Gasteiger partial charge in [-0.05, 0) is 54.8 Å². The van der Waals surface area contributed by atoms with E-state index in [1.165, 1.54) is 16.7 Å². The van der Waals surface area contributed by atoms with E-state index in [0.717, 1.165) is 34.5 Å². The zero-order valence-electron chi connectivity index (χ0n) is 20.7. The maximum atomic E-state index is 15.1. The molecule has 0 fully saturated rings. The Morgan fingerprint density at radius 3 is 2.16 bits per heavy atom. The largest absolute Gasteiger partial charge is 0.325 e. The maximum Gasteiger partial charge on any atom is 0.242 e. The number of hydrogen-bond donors (Lipinski definition) is 1. The molecule has 5 nitrogen and oxygen atoms in total. The number of aromatic nitrogens is 3. The second kappa shape index (κ2) is 11.0. The van der Waals surface area contributed by atoms with E-state index in [1.807, 2.05) is 92.7 Å². The zero-order chi connectivity index (χ0) is 26.6. The van der Waals surface area contributed by atoms with Crippen LogP contribution in [-0.4, -0.2) is 20.7 Å². The Morgan fingerprint density at radius 2 is 1.50 bits per heavy atom. The van der Waals surface area contributed by atoms with Gasteiger partial charge in [0.05, 0.1) is 5.69 Å². The van der Waals surface area contributed by atoms with Crippen LogP contribution in [0.3, 0.4) is 0 Å². The number of anilines is 1. The molecule has 0 aliphatic rings. The van der Waals surface area contributed by atoms with E-state index in [9.17, 15) is 9.18 Å². The molecule has 4 aromatic carbocycles. The Bertz CT molecular complexity index is 1570. The van der Waals surface area contributed by atoms with Crippen molar-refractivity contribution < 1.29 is 13.6 Å². The molecule has 1 N–H and O–H groups in total. The van der Waals surface area contributed by atoms with Crippen LogP contribution < -0.4 is 5.32 Å². The standard InChI is InChI=1S/C30H24F2N4OS/c1-19-15-20(2)17-24(16-19)33-29(37)27(21-9-5-3-6-10-21)38-30-35-34-28(22-11-7-4-8-12-22)36(30)26-14-13-23(31)18-25(26)32/h3-18,27H,1-2H3,(H,33,37)/t27-/m1/s1. The molecule has 1 atom stereocenters. The molecule has 1 aromatic heterocycles. The summed E-state index contributed by atoms with van der Waals surface area (Å²) in [5.74, 6) is -1.34. The van der Waals surface area contributed by atoms with E-state index < -0.39 is 16.9 Å². The van der Waals surface area contributed by atoms with Gasteiger partial charge in [0.1, 0.15) is 16.9 Å². The van der Waals surface area contributed by atoms with Gasteiger partial charge in [0.2, 0.25) is 5.91 Å². The van der Waals surface area contributed by atoms with Crippen LogP contribution in [0.25, 0.3) is 17.1 Å². The average molecular weight is 527 g/mol. The summed E-state index contributed by atoms with van der Waals surface area (Å²) in [6, 6.07) is 27.7. The van der Waals surface area contributed by atoms with Crippen LogP contribution in [0.15, 0.2) is 102 Å². The molecule has 0 saturated carbocycles. The van der Waals surface area contributed by atoms with Gasteiger partial charge >= 0.3 is 0 Å². The number of nitrogens with zero attached hydrogens (tertiary/aromatic N) is 3. The Labute approximate surface area is 223 Å². The van der Waals surface area contributed by atoms with E-state index >= 15 is 4.39 Å². The Balaban J connectivity index is 1.59. The van der Waals surface area contributed by atoms with Crippen LogP contribution >= 0.6 is 11.8 Å². The molecule has 8 heteroatoms. The van der Waals surface area contributed by atoms with Crippen molar-refractivity contribution in [3.63, 3.8) is 0 Å². The van der Waals surface area contributed by atoms with E-state index in [0.29, 0.717) is 22.2 Å². The third kappa shape index (κ3) is 5.50. The monoisotopic (exact) mass is 526 g/mol. The molecule has 0 aliphatic carbocycles. The first-order chi connectivity index (χ1) is 18.4. The molecule has 5 rings (SSSR count). The highest BCUT2D eigenvalue weighted by molar-refractivity contribution is 8.00. The number of hydrogen-bond acceptors (Lipinski definition) is 4. The summed E-state index contributed by atoms with van der Waals surface area (Å²) in [5, 5.41) is 11.3. The number of thioether (sulfide) groups is 1. The van der Waals surface area contributed by atoms with E-state index in [4.69, 9.17) is 0 Å². The van der Waals surface area contributed by atoms with Gasteiger partial charge < -0.3 is 5.32 Å². The van der Waals surface area contributed by atoms with Crippen LogP contribution in [0, 0.1) is 25.5 Å². The molecular weight excluding hydrogens is 502 g/mol. The Morgan fingerprint density at radius 1 is 0.842 bits per heavy atom. The molecule has 0 saturated heterocycles. The molecule has 1 heterocycles. The number of amides is 1. The second-order valence-electron chi connectivity index (χ2n) is 8.88. The quantitative estimate of drug-likeness (QED) is 0.226. The molecule has 0 unspecified atom stereocenters. The molecule has 190 valence electrons. The maximum absolute atomic E-state index is 15.1. The minimum atomic E-state index is -0.764. The van der Waals surface area contributed by atoms with Crippen molar-refractivity contribution in [2.45, 2.75) is 24.3 Å². The topological polar surface area (TPSA) is 59.8 Å². The Hall–Kier alpha value is -4.30. The molecule has 5 aromatic rings. The summed E-state index contributed by atoms with van der Waals surface area (Å²) in [6.07, 6.45) is 0. The minimum Gasteiger partial charge on any atom is -0.325 e. The van der Waals surface area contributed by atoms with Crippen molar-refractivity contribution in [2.24, 2.45) is 0 Å². The summed E-state index contributed by atoms with van der Waals surface area (Å²) < 4.78 is 30.4. The minimum absolute atomic E-state index is 0.0827. The van der Waals surface area contributed by atoms with Gasteiger partial charge in [0.25, 0.3) is 0 Å². The number of carbonyl (C=O) groups is 1. The predicted octanol–water partition coefficient (Wildman–Crippen LogP) is 7.30. The van der Waals surface area contributed by atoms with Crippen LogP contribution in [0.4, 0.5) is 14.5 Å². The van der Waals surface area contributed by atoms with Crippen LogP contribution in [-0.2, 0) is 4.79 Å². The number of carbonyl (C=O) groups excluding carboxylic acids is 1. The lowest BCUT2D eigenvalue weighted by Crippen LogP contribution is -2.19. The molecule has 0 spiro atoms. The van der Waals surface area contributed by atoms with E-state index in [2.05, 4.69) is 15.5 Å². The smallest absolute Gasteiger partial charge is 0.242 e. The molecule has 0 bridgehead atoms. The fraction of sp³-hybridized carbons (Fsp3) is 0.100. The molecule has 38 heavy (non-hydrogen) atoms. The average Bonchev–Trinajstić information content (AvgIpc) is 3.31. The molecule has 0 aliphatic heterocycles. The first-order valence-electron chi connectivity index (χ1n) is 12.0. The number of halogens is 2. The predicted molar refractivity (Wildman–Crippen MR) is 146 cm³/mol. The molecule has 0 radical (unpaired) electrons. The lowest BCUT2D eigenvalue weighted by atomic mass is 10.1. The molecule has 1 amide bonds. The summed E-state index contributed by atoms with van der Waals surface area (Å²) in [7, 11) is 0. The van der Waals surface area contributed by atoms with Crippen molar-refractivity contribution in [2.75, 3.05) is 5.32 Å². The van der Waals surface area contributed by atoms with Crippen LogP contribution in [0.1, 0.15) is 21.9 Å². The zero-order valence-corrected chi connectivity index (χ0v) is 21.5. The summed E-state index contributed by atoms with van der Waals surface area (Å²) >= 11 is 1.14. The summed E-state index contributed by atoms with van der Waals surface area (Å²) in [4.78, 5) is 13.7. The second-order valence-corrected chi connectivity index (χ2v) is 9.95. The van der Waals surface area contributed by atoms with Gasteiger partial charge in [0.15, 0.2) is 11.0 Å². The number of benzene rings is 4. The fourth-order valence-electron chi connectivity index (χ4n) is 4.26. The first-order valence-corrected chi connectivity index (χ1v) is 12.8. The Kier molecular flexibility index (Phi) is 7.33. The highest BCUT2D eigenvalue weighted by atomic mass is 32.2. The first kappa shape index (κ1) is 25.4. The van der Waals surface area contributed by atoms with Crippen molar-refractivity contribution in [1.29, 1.82) is 0 Å². The van der Waals surface area contributed by atoms with Gasteiger partial charge in [-0.15, -0.1) is 10.2 Å². The third-order valence-corrected chi connectivity index (χ3v) is 7.07. The van der Waals surface area contributed by atoms with Crippen LogP contribution in [0.5, 0.6) is 0 Å². The van der Waals surface area contributed by atoms with Crippen molar-refractivity contribution in [3.8, 4) is 17.1 Å². The normalized spacial score (nSPS) is 11.8. The van der Waals surface area contributed by atoms with Gasteiger partial charge in [0, 0.05) is 17.3 Å². The van der Waals surface area contributed by atoms with Crippen molar-refractivity contribution in [1.82, 2.24) is 14.8 Å². The SMILES string of the molecule is Cc1cc(C)cc(NC(=O)[C@H](Sc2nnc(-c3ccccc3)n2-c2ccc(F)cc2F)c2ccccc2)c1. The van der Waals surface area contributed by atoms with E-state index in [1.54, 1.807) is 0 Å². The summed E-state index contributed by atoms with van der Waals surface area (Å²) in [5.41, 5.74) is 4.28. The van der Waals surface area contributed by atoms with Gasteiger partial charge in [-0.3, -0.25) is 9.36 Å². The lowest BCUT2D eigenvalue weighted by Gasteiger charge is -2.18. The van der Waals surface area contributed by atoms with E-state index in [-0.39, 0.29) is 11.6 Å². The number of aryl methyl sites for hydroxylation is 2.